The van der Waals surface area contributed by atoms with E-state index in [2.05, 4.69) is 20.5 Å². The van der Waals surface area contributed by atoms with E-state index >= 15 is 0 Å². The number of H-pyrrole nitrogens is 1. The number of aromatic nitrogens is 3. The van der Waals surface area contributed by atoms with Crippen molar-refractivity contribution in [3.05, 3.63) is 12.2 Å². The predicted octanol–water partition coefficient (Wildman–Crippen LogP) is -0.162. The molecule has 0 fully saturated rings. The Labute approximate surface area is 95.0 Å². The summed E-state index contributed by atoms with van der Waals surface area (Å²) in [6.45, 7) is 3.02. The topological polar surface area (TPSA) is 96.7 Å². The lowest BCUT2D eigenvalue weighted by Gasteiger charge is -2.11. The minimum absolute atomic E-state index is 0.0440. The van der Waals surface area contributed by atoms with Crippen molar-refractivity contribution in [2.45, 2.75) is 26.2 Å². The SMILES string of the molecule is CCC(CN)C(=O)NCCCc1ncn[nH]1. The van der Waals surface area contributed by atoms with Gasteiger partial charge in [-0.3, -0.25) is 9.89 Å². The monoisotopic (exact) mass is 225 g/mol. The number of hydrogen-bond acceptors (Lipinski definition) is 4. The fourth-order valence-corrected chi connectivity index (χ4v) is 1.42. The first-order valence-corrected chi connectivity index (χ1v) is 5.60. The van der Waals surface area contributed by atoms with Crippen LogP contribution < -0.4 is 11.1 Å². The molecule has 6 nitrogen and oxygen atoms in total. The summed E-state index contributed by atoms with van der Waals surface area (Å²) in [5.74, 6) is 0.827. The number of aromatic amines is 1. The van der Waals surface area contributed by atoms with Crippen molar-refractivity contribution in [1.29, 1.82) is 0 Å². The average molecular weight is 225 g/mol. The highest BCUT2D eigenvalue weighted by atomic mass is 16.1. The lowest BCUT2D eigenvalue weighted by Crippen LogP contribution is -2.35. The van der Waals surface area contributed by atoms with Gasteiger partial charge in [0.05, 0.1) is 0 Å². The van der Waals surface area contributed by atoms with Crippen molar-refractivity contribution < 1.29 is 4.79 Å². The van der Waals surface area contributed by atoms with Crippen LogP contribution in [0.2, 0.25) is 0 Å². The standard InChI is InChI=1S/C10H19N5O/c1-2-8(6-11)10(16)12-5-3-4-9-13-7-14-15-9/h7-8H,2-6,11H2,1H3,(H,12,16)(H,13,14,15). The van der Waals surface area contributed by atoms with E-state index in [1.807, 2.05) is 6.92 Å². The summed E-state index contributed by atoms with van der Waals surface area (Å²) in [6, 6.07) is 0. The predicted molar refractivity (Wildman–Crippen MR) is 60.5 cm³/mol. The van der Waals surface area contributed by atoms with E-state index < -0.39 is 0 Å². The van der Waals surface area contributed by atoms with Gasteiger partial charge in [-0.1, -0.05) is 6.92 Å². The second-order valence-corrected chi connectivity index (χ2v) is 3.67. The van der Waals surface area contributed by atoms with Crippen LogP contribution in [0.4, 0.5) is 0 Å². The maximum atomic E-state index is 11.5. The Kier molecular flexibility index (Phi) is 5.49. The van der Waals surface area contributed by atoms with E-state index in [0.29, 0.717) is 13.1 Å². The van der Waals surface area contributed by atoms with Crippen molar-refractivity contribution in [2.24, 2.45) is 11.7 Å². The largest absolute Gasteiger partial charge is 0.356 e. The van der Waals surface area contributed by atoms with Gasteiger partial charge in [0.25, 0.3) is 0 Å². The van der Waals surface area contributed by atoms with Gasteiger partial charge in [-0.15, -0.1) is 0 Å². The normalized spacial score (nSPS) is 12.4. The summed E-state index contributed by atoms with van der Waals surface area (Å²) in [6.07, 6.45) is 3.90. The summed E-state index contributed by atoms with van der Waals surface area (Å²) in [7, 11) is 0. The highest BCUT2D eigenvalue weighted by molar-refractivity contribution is 5.78. The molecule has 90 valence electrons. The molecule has 16 heavy (non-hydrogen) atoms. The van der Waals surface area contributed by atoms with E-state index in [1.165, 1.54) is 6.33 Å². The van der Waals surface area contributed by atoms with Gasteiger partial charge in [0.2, 0.25) is 5.91 Å². The zero-order valence-corrected chi connectivity index (χ0v) is 9.57. The van der Waals surface area contributed by atoms with Gasteiger partial charge < -0.3 is 11.1 Å². The van der Waals surface area contributed by atoms with Crippen molar-refractivity contribution in [1.82, 2.24) is 20.5 Å². The Morgan fingerprint density at radius 1 is 1.69 bits per heavy atom. The molecule has 0 aliphatic carbocycles. The molecule has 0 bridgehead atoms. The van der Waals surface area contributed by atoms with Crippen LogP contribution in [0.5, 0.6) is 0 Å². The number of carbonyl (C=O) groups excluding carboxylic acids is 1. The molecule has 1 rings (SSSR count). The first-order chi connectivity index (χ1) is 7.77. The van der Waals surface area contributed by atoms with Gasteiger partial charge in [0.15, 0.2) is 0 Å². The quantitative estimate of drug-likeness (QED) is 0.562. The zero-order valence-electron chi connectivity index (χ0n) is 9.57. The summed E-state index contributed by atoms with van der Waals surface area (Å²) in [5, 5.41) is 9.39. The second kappa shape index (κ2) is 6.95. The number of nitrogens with one attached hydrogen (secondary N) is 2. The fourth-order valence-electron chi connectivity index (χ4n) is 1.42. The van der Waals surface area contributed by atoms with Crippen molar-refractivity contribution in [3.63, 3.8) is 0 Å². The summed E-state index contributed by atoms with van der Waals surface area (Å²) >= 11 is 0. The average Bonchev–Trinajstić information content (AvgIpc) is 2.79. The van der Waals surface area contributed by atoms with Crippen LogP contribution in [-0.2, 0) is 11.2 Å². The molecule has 1 aromatic heterocycles. The summed E-state index contributed by atoms with van der Waals surface area (Å²) < 4.78 is 0. The molecule has 0 aliphatic rings. The molecule has 1 unspecified atom stereocenters. The van der Waals surface area contributed by atoms with Gasteiger partial charge in [-0.05, 0) is 12.8 Å². The van der Waals surface area contributed by atoms with E-state index in [4.69, 9.17) is 5.73 Å². The first-order valence-electron chi connectivity index (χ1n) is 5.60. The Morgan fingerprint density at radius 3 is 3.06 bits per heavy atom. The number of amides is 1. The zero-order chi connectivity index (χ0) is 11.8. The second-order valence-electron chi connectivity index (χ2n) is 3.67. The van der Waals surface area contributed by atoms with Crippen molar-refractivity contribution in [2.75, 3.05) is 13.1 Å². The van der Waals surface area contributed by atoms with Crippen LogP contribution in [0.3, 0.4) is 0 Å². The van der Waals surface area contributed by atoms with E-state index in [-0.39, 0.29) is 11.8 Å². The third-order valence-corrected chi connectivity index (χ3v) is 2.50. The molecule has 6 heteroatoms. The Morgan fingerprint density at radius 2 is 2.50 bits per heavy atom. The third-order valence-electron chi connectivity index (χ3n) is 2.50. The van der Waals surface area contributed by atoms with Gasteiger partial charge in [0, 0.05) is 25.4 Å². The minimum atomic E-state index is -0.0646. The van der Waals surface area contributed by atoms with Crippen molar-refractivity contribution in [3.8, 4) is 0 Å². The fraction of sp³-hybridized carbons (Fsp3) is 0.700. The molecule has 0 radical (unpaired) electrons. The number of rotatable bonds is 7. The Hall–Kier alpha value is -1.43. The molecule has 1 aromatic rings. The highest BCUT2D eigenvalue weighted by Crippen LogP contribution is 1.99. The number of aryl methyl sites for hydroxylation is 1. The smallest absolute Gasteiger partial charge is 0.224 e. The minimum Gasteiger partial charge on any atom is -0.356 e. The first kappa shape index (κ1) is 12.6. The van der Waals surface area contributed by atoms with Gasteiger partial charge in [-0.2, -0.15) is 5.10 Å². The van der Waals surface area contributed by atoms with Crippen LogP contribution >= 0.6 is 0 Å². The van der Waals surface area contributed by atoms with E-state index in [0.717, 1.165) is 25.1 Å². The lowest BCUT2D eigenvalue weighted by atomic mass is 10.1. The summed E-state index contributed by atoms with van der Waals surface area (Å²) in [5.41, 5.74) is 5.48. The number of hydrogen-bond donors (Lipinski definition) is 3. The summed E-state index contributed by atoms with van der Waals surface area (Å²) in [4.78, 5) is 15.5. The molecular weight excluding hydrogens is 206 g/mol. The molecule has 0 aliphatic heterocycles. The molecule has 0 saturated heterocycles. The van der Waals surface area contributed by atoms with Crippen molar-refractivity contribution >= 4 is 5.91 Å². The molecular formula is C10H19N5O. The van der Waals surface area contributed by atoms with Crippen LogP contribution in [0.15, 0.2) is 6.33 Å². The van der Waals surface area contributed by atoms with Crippen LogP contribution in [0.25, 0.3) is 0 Å². The van der Waals surface area contributed by atoms with Crippen LogP contribution in [0, 0.1) is 5.92 Å². The molecule has 1 atom stereocenters. The van der Waals surface area contributed by atoms with Gasteiger partial charge >= 0.3 is 0 Å². The number of carbonyl (C=O) groups is 1. The molecule has 0 aromatic carbocycles. The van der Waals surface area contributed by atoms with Crippen LogP contribution in [0.1, 0.15) is 25.6 Å². The molecule has 4 N–H and O–H groups in total. The third kappa shape index (κ3) is 3.98. The van der Waals surface area contributed by atoms with E-state index in [9.17, 15) is 4.79 Å². The molecule has 0 saturated carbocycles. The van der Waals surface area contributed by atoms with Gasteiger partial charge in [0.1, 0.15) is 12.2 Å². The Balaban J connectivity index is 2.13. The maximum Gasteiger partial charge on any atom is 0.224 e. The number of nitrogens with zero attached hydrogens (tertiary/aromatic N) is 2. The lowest BCUT2D eigenvalue weighted by molar-refractivity contribution is -0.124. The maximum absolute atomic E-state index is 11.5. The number of nitrogens with two attached hydrogens (primary N) is 1. The molecule has 0 spiro atoms. The molecule has 1 heterocycles. The van der Waals surface area contributed by atoms with Crippen LogP contribution in [-0.4, -0.2) is 34.2 Å². The highest BCUT2D eigenvalue weighted by Gasteiger charge is 2.13. The molecule has 1 amide bonds. The van der Waals surface area contributed by atoms with Gasteiger partial charge in [-0.25, -0.2) is 4.98 Å². The van der Waals surface area contributed by atoms with E-state index in [1.54, 1.807) is 0 Å². The Bertz CT molecular complexity index is 294.